The molecule has 29 heavy (non-hydrogen) atoms. The number of benzene rings is 2. The first kappa shape index (κ1) is 22.4. The van der Waals surface area contributed by atoms with Crippen molar-refractivity contribution >= 4 is 27.6 Å². The summed E-state index contributed by atoms with van der Waals surface area (Å²) in [5.74, 6) is -0.594. The lowest BCUT2D eigenvalue weighted by Crippen LogP contribution is -2.24. The number of methoxy groups -OCH3 is 1. The number of sulfonamides is 1. The lowest BCUT2D eigenvalue weighted by Gasteiger charge is -2.15. The maximum atomic E-state index is 12.4. The molecule has 0 unspecified atom stereocenters. The number of nitrogens with zero attached hydrogens (tertiary/aromatic N) is 1. The van der Waals surface area contributed by atoms with Gasteiger partial charge in [0.1, 0.15) is 5.75 Å². The van der Waals surface area contributed by atoms with E-state index >= 15 is 0 Å². The number of ether oxygens (including phenoxy) is 2. The largest absolute Gasteiger partial charge is 0.496 e. The minimum atomic E-state index is -3.65. The Bertz CT molecular complexity index is 1000. The molecule has 0 saturated carbocycles. The number of para-hydroxylation sites is 1. The summed E-state index contributed by atoms with van der Waals surface area (Å²) in [4.78, 5) is 24.2. The highest BCUT2D eigenvalue weighted by molar-refractivity contribution is 7.89. The molecule has 0 bridgehead atoms. The maximum absolute atomic E-state index is 12.4. The third-order valence-corrected chi connectivity index (χ3v) is 6.08. The van der Waals surface area contributed by atoms with Crippen molar-refractivity contribution in [2.75, 3.05) is 33.1 Å². The van der Waals surface area contributed by atoms with Crippen molar-refractivity contribution in [2.45, 2.75) is 18.2 Å². The molecule has 2 aromatic rings. The van der Waals surface area contributed by atoms with Crippen LogP contribution in [0.2, 0.25) is 0 Å². The Labute approximate surface area is 170 Å². The quantitative estimate of drug-likeness (QED) is 0.655. The Hall–Kier alpha value is -2.91. The number of hydrogen-bond acceptors (Lipinski definition) is 6. The van der Waals surface area contributed by atoms with Crippen LogP contribution in [0.3, 0.4) is 0 Å². The SMILES string of the molecule is COc1ccccc1CC(=O)OCC(=O)Nc1ccc(C)c(S(=O)(=O)N(C)C)c1. The molecule has 0 saturated heterocycles. The first-order valence-electron chi connectivity index (χ1n) is 8.75. The fourth-order valence-corrected chi connectivity index (χ4v) is 3.70. The molecule has 8 nitrogen and oxygen atoms in total. The standard InChI is InChI=1S/C20H24N2O6S/c1-14-9-10-16(12-18(14)29(25,26)22(2)3)21-19(23)13-28-20(24)11-15-7-5-6-8-17(15)27-4/h5-10,12H,11,13H2,1-4H3,(H,21,23). The van der Waals surface area contributed by atoms with Crippen molar-refractivity contribution in [2.24, 2.45) is 0 Å². The number of aryl methyl sites for hydroxylation is 1. The van der Waals surface area contributed by atoms with Gasteiger partial charge in [-0.2, -0.15) is 0 Å². The molecular weight excluding hydrogens is 396 g/mol. The summed E-state index contributed by atoms with van der Waals surface area (Å²) < 4.78 is 36.0. The Morgan fingerprint density at radius 1 is 1.10 bits per heavy atom. The van der Waals surface area contributed by atoms with Crippen molar-refractivity contribution in [3.8, 4) is 5.75 Å². The zero-order valence-corrected chi connectivity index (χ0v) is 17.6. The second-order valence-corrected chi connectivity index (χ2v) is 8.59. The van der Waals surface area contributed by atoms with Crippen LogP contribution in [0.25, 0.3) is 0 Å². The van der Waals surface area contributed by atoms with Gasteiger partial charge < -0.3 is 14.8 Å². The van der Waals surface area contributed by atoms with Crippen LogP contribution in [-0.4, -0.2) is 52.4 Å². The van der Waals surface area contributed by atoms with Crippen molar-refractivity contribution < 1.29 is 27.5 Å². The van der Waals surface area contributed by atoms with Gasteiger partial charge in [-0.3, -0.25) is 9.59 Å². The first-order valence-corrected chi connectivity index (χ1v) is 10.2. The molecule has 0 heterocycles. The summed E-state index contributed by atoms with van der Waals surface area (Å²) in [6.07, 6.45) is -0.0347. The topological polar surface area (TPSA) is 102 Å². The van der Waals surface area contributed by atoms with Gasteiger partial charge >= 0.3 is 5.97 Å². The van der Waals surface area contributed by atoms with E-state index in [0.717, 1.165) is 4.31 Å². The second-order valence-electron chi connectivity index (χ2n) is 6.47. The van der Waals surface area contributed by atoms with Crippen molar-refractivity contribution in [1.29, 1.82) is 0 Å². The molecule has 0 spiro atoms. The molecule has 0 fully saturated rings. The van der Waals surface area contributed by atoms with Gasteiger partial charge in [0.05, 0.1) is 18.4 Å². The summed E-state index contributed by atoms with van der Waals surface area (Å²) >= 11 is 0. The van der Waals surface area contributed by atoms with Gasteiger partial charge in [0.15, 0.2) is 6.61 Å². The molecule has 1 amide bonds. The molecule has 0 aromatic heterocycles. The third-order valence-electron chi connectivity index (χ3n) is 4.12. The van der Waals surface area contributed by atoms with Crippen LogP contribution < -0.4 is 10.1 Å². The molecule has 2 aromatic carbocycles. The van der Waals surface area contributed by atoms with E-state index in [2.05, 4.69) is 5.32 Å². The molecule has 0 aliphatic carbocycles. The van der Waals surface area contributed by atoms with Crippen LogP contribution in [0.4, 0.5) is 5.69 Å². The van der Waals surface area contributed by atoms with Crippen LogP contribution in [0.1, 0.15) is 11.1 Å². The van der Waals surface area contributed by atoms with E-state index in [1.807, 2.05) is 0 Å². The molecule has 2 rings (SSSR count). The number of nitrogens with one attached hydrogen (secondary N) is 1. The fourth-order valence-electron chi connectivity index (χ4n) is 2.55. The predicted molar refractivity (Wildman–Crippen MR) is 108 cm³/mol. The number of rotatable bonds is 8. The molecule has 0 aliphatic heterocycles. The number of amides is 1. The van der Waals surface area contributed by atoms with E-state index in [0.29, 0.717) is 22.6 Å². The monoisotopic (exact) mass is 420 g/mol. The Balaban J connectivity index is 1.98. The number of esters is 1. The minimum Gasteiger partial charge on any atom is -0.496 e. The summed E-state index contributed by atoms with van der Waals surface area (Å²) in [6.45, 7) is 1.18. The van der Waals surface area contributed by atoms with E-state index in [9.17, 15) is 18.0 Å². The van der Waals surface area contributed by atoms with E-state index in [-0.39, 0.29) is 11.3 Å². The summed E-state index contributed by atoms with van der Waals surface area (Å²) in [5.41, 5.74) is 1.50. The van der Waals surface area contributed by atoms with Crippen LogP contribution in [0.5, 0.6) is 5.75 Å². The zero-order valence-electron chi connectivity index (χ0n) is 16.8. The number of carbonyl (C=O) groups excluding carboxylic acids is 2. The van der Waals surface area contributed by atoms with E-state index < -0.39 is 28.5 Å². The van der Waals surface area contributed by atoms with Gasteiger partial charge in [0, 0.05) is 25.3 Å². The van der Waals surface area contributed by atoms with Crippen LogP contribution in [-0.2, 0) is 30.8 Å². The lowest BCUT2D eigenvalue weighted by atomic mass is 10.1. The predicted octanol–water partition coefficient (Wildman–Crippen LogP) is 1.98. The highest BCUT2D eigenvalue weighted by Crippen LogP contribution is 2.22. The number of carbonyl (C=O) groups is 2. The molecule has 9 heteroatoms. The zero-order chi connectivity index (χ0) is 21.6. The smallest absolute Gasteiger partial charge is 0.310 e. The highest BCUT2D eigenvalue weighted by atomic mass is 32.2. The average molecular weight is 420 g/mol. The Kier molecular flexibility index (Phi) is 7.35. The molecule has 0 radical (unpaired) electrons. The Morgan fingerprint density at radius 3 is 2.45 bits per heavy atom. The van der Waals surface area contributed by atoms with Crippen molar-refractivity contribution in [3.05, 3.63) is 53.6 Å². The summed E-state index contributed by atoms with van der Waals surface area (Å²) in [6, 6.07) is 11.6. The van der Waals surface area contributed by atoms with Gasteiger partial charge in [-0.05, 0) is 30.7 Å². The van der Waals surface area contributed by atoms with Crippen molar-refractivity contribution in [3.63, 3.8) is 0 Å². The molecule has 0 aliphatic rings. The second kappa shape index (κ2) is 9.53. The van der Waals surface area contributed by atoms with Crippen LogP contribution >= 0.6 is 0 Å². The number of hydrogen-bond donors (Lipinski definition) is 1. The third kappa shape index (κ3) is 5.78. The maximum Gasteiger partial charge on any atom is 0.310 e. The Morgan fingerprint density at radius 2 is 1.79 bits per heavy atom. The van der Waals surface area contributed by atoms with E-state index in [4.69, 9.17) is 9.47 Å². The van der Waals surface area contributed by atoms with E-state index in [1.165, 1.54) is 27.3 Å². The molecular formula is C20H24N2O6S. The summed E-state index contributed by atoms with van der Waals surface area (Å²) in [5, 5.41) is 2.54. The lowest BCUT2D eigenvalue weighted by molar-refractivity contribution is -0.146. The van der Waals surface area contributed by atoms with Gasteiger partial charge in [0.25, 0.3) is 5.91 Å². The van der Waals surface area contributed by atoms with Crippen LogP contribution in [0.15, 0.2) is 47.4 Å². The highest BCUT2D eigenvalue weighted by Gasteiger charge is 2.20. The van der Waals surface area contributed by atoms with Gasteiger partial charge in [-0.25, -0.2) is 12.7 Å². The normalized spacial score (nSPS) is 11.2. The molecule has 156 valence electrons. The molecule has 1 N–H and O–H groups in total. The van der Waals surface area contributed by atoms with Gasteiger partial charge in [-0.15, -0.1) is 0 Å². The minimum absolute atomic E-state index is 0.0347. The molecule has 0 atom stereocenters. The van der Waals surface area contributed by atoms with Crippen molar-refractivity contribution in [1.82, 2.24) is 4.31 Å². The van der Waals surface area contributed by atoms with Gasteiger partial charge in [-0.1, -0.05) is 24.3 Å². The van der Waals surface area contributed by atoms with Gasteiger partial charge in [0.2, 0.25) is 10.0 Å². The fraction of sp³-hybridized carbons (Fsp3) is 0.300. The average Bonchev–Trinajstić information content (AvgIpc) is 2.68. The van der Waals surface area contributed by atoms with Crippen LogP contribution in [0, 0.1) is 6.92 Å². The van der Waals surface area contributed by atoms with E-state index in [1.54, 1.807) is 43.3 Å². The summed E-state index contributed by atoms with van der Waals surface area (Å²) in [7, 11) is 0.719. The number of anilines is 1. The first-order chi connectivity index (χ1) is 13.6.